The molecule has 1 aromatic heterocycles. The number of thiophene rings is 1. The fourth-order valence-electron chi connectivity index (χ4n) is 2.42. The minimum Gasteiger partial charge on any atom is -0.373 e. The summed E-state index contributed by atoms with van der Waals surface area (Å²) in [6.07, 6.45) is 0. The molecule has 1 aliphatic rings. The van der Waals surface area contributed by atoms with E-state index in [0.29, 0.717) is 6.54 Å². The van der Waals surface area contributed by atoms with Gasteiger partial charge in [-0.05, 0) is 23.1 Å². The van der Waals surface area contributed by atoms with Crippen LogP contribution in [0.4, 0.5) is 5.69 Å². The van der Waals surface area contributed by atoms with Crippen molar-refractivity contribution >= 4 is 22.9 Å². The van der Waals surface area contributed by atoms with Gasteiger partial charge in [0.1, 0.15) is 0 Å². The van der Waals surface area contributed by atoms with Crippen LogP contribution >= 0.6 is 11.3 Å². The standard InChI is InChI=1S/C15H16N2OS/c1-16-8-9-17(15(18)14-7-4-10-19-14)11-12-5-2-3-6-13(12)16/h2-7,10H,8-9,11H2,1H3. The summed E-state index contributed by atoms with van der Waals surface area (Å²) in [6, 6.07) is 12.1. The predicted octanol–water partition coefficient (Wildman–Crippen LogP) is 2.84. The second-order valence-corrected chi connectivity index (χ2v) is 5.70. The first-order chi connectivity index (χ1) is 9.25. The molecular weight excluding hydrogens is 256 g/mol. The molecule has 3 rings (SSSR count). The van der Waals surface area contributed by atoms with Gasteiger partial charge in [-0.25, -0.2) is 0 Å². The van der Waals surface area contributed by atoms with E-state index in [-0.39, 0.29) is 5.91 Å². The molecule has 0 radical (unpaired) electrons. The maximum absolute atomic E-state index is 12.4. The van der Waals surface area contributed by atoms with E-state index in [1.54, 1.807) is 0 Å². The van der Waals surface area contributed by atoms with Gasteiger partial charge in [0.15, 0.2) is 0 Å². The second-order valence-electron chi connectivity index (χ2n) is 4.75. The van der Waals surface area contributed by atoms with Crippen LogP contribution in [0.3, 0.4) is 0 Å². The van der Waals surface area contributed by atoms with Gasteiger partial charge < -0.3 is 9.80 Å². The normalized spacial score (nSPS) is 15.0. The van der Waals surface area contributed by atoms with Crippen molar-refractivity contribution in [2.75, 3.05) is 25.0 Å². The molecule has 0 bridgehead atoms. The van der Waals surface area contributed by atoms with Crippen LogP contribution in [0, 0.1) is 0 Å². The number of hydrogen-bond acceptors (Lipinski definition) is 3. The Morgan fingerprint density at radius 3 is 2.79 bits per heavy atom. The molecule has 3 nitrogen and oxygen atoms in total. The molecular formula is C15H16N2OS. The molecule has 1 aromatic carbocycles. The van der Waals surface area contributed by atoms with Crippen LogP contribution in [0.25, 0.3) is 0 Å². The summed E-state index contributed by atoms with van der Waals surface area (Å²) in [4.78, 5) is 17.4. The molecule has 0 atom stereocenters. The monoisotopic (exact) mass is 272 g/mol. The number of benzene rings is 1. The van der Waals surface area contributed by atoms with E-state index >= 15 is 0 Å². The number of hydrogen-bond donors (Lipinski definition) is 0. The molecule has 0 fully saturated rings. The highest BCUT2D eigenvalue weighted by molar-refractivity contribution is 7.12. The Morgan fingerprint density at radius 1 is 1.16 bits per heavy atom. The highest BCUT2D eigenvalue weighted by atomic mass is 32.1. The average molecular weight is 272 g/mol. The summed E-state index contributed by atoms with van der Waals surface area (Å²) >= 11 is 1.51. The number of fused-ring (bicyclic) bond motifs is 1. The first-order valence-electron chi connectivity index (χ1n) is 6.37. The Bertz CT molecular complexity index is 580. The third-order valence-electron chi connectivity index (χ3n) is 3.49. The summed E-state index contributed by atoms with van der Waals surface area (Å²) in [5, 5.41) is 1.95. The average Bonchev–Trinajstić information content (AvgIpc) is 2.91. The van der Waals surface area contributed by atoms with Crippen LogP contribution in [0.1, 0.15) is 15.2 Å². The highest BCUT2D eigenvalue weighted by Crippen LogP contribution is 2.25. The van der Waals surface area contributed by atoms with Gasteiger partial charge in [-0.2, -0.15) is 0 Å². The van der Waals surface area contributed by atoms with Crippen molar-refractivity contribution < 1.29 is 4.79 Å². The van der Waals surface area contributed by atoms with Crippen molar-refractivity contribution in [3.63, 3.8) is 0 Å². The number of rotatable bonds is 1. The van der Waals surface area contributed by atoms with Crippen molar-refractivity contribution in [3.8, 4) is 0 Å². The topological polar surface area (TPSA) is 23.6 Å². The summed E-state index contributed by atoms with van der Waals surface area (Å²) in [7, 11) is 2.08. The number of anilines is 1. The van der Waals surface area contributed by atoms with Crippen LogP contribution in [0.5, 0.6) is 0 Å². The zero-order chi connectivity index (χ0) is 13.2. The lowest BCUT2D eigenvalue weighted by atomic mass is 10.1. The molecule has 1 aliphatic heterocycles. The Hall–Kier alpha value is -1.81. The summed E-state index contributed by atoms with van der Waals surface area (Å²) in [6.45, 7) is 2.33. The van der Waals surface area contributed by atoms with Crippen LogP contribution in [0.15, 0.2) is 41.8 Å². The number of likely N-dealkylation sites (N-methyl/N-ethyl adjacent to an activating group) is 1. The molecule has 4 heteroatoms. The fraction of sp³-hybridized carbons (Fsp3) is 0.267. The number of carbonyl (C=O) groups is 1. The van der Waals surface area contributed by atoms with E-state index in [2.05, 4.69) is 24.1 Å². The first-order valence-corrected chi connectivity index (χ1v) is 7.25. The zero-order valence-electron chi connectivity index (χ0n) is 10.9. The fourth-order valence-corrected chi connectivity index (χ4v) is 3.11. The zero-order valence-corrected chi connectivity index (χ0v) is 11.7. The largest absolute Gasteiger partial charge is 0.373 e. The Kier molecular flexibility index (Phi) is 3.25. The summed E-state index contributed by atoms with van der Waals surface area (Å²) in [5.74, 6) is 0.139. The SMILES string of the molecule is CN1CCN(C(=O)c2cccs2)Cc2ccccc21. The number of nitrogens with zero attached hydrogens (tertiary/aromatic N) is 2. The Morgan fingerprint density at radius 2 is 2.00 bits per heavy atom. The summed E-state index contributed by atoms with van der Waals surface area (Å²) in [5.41, 5.74) is 2.44. The van der Waals surface area contributed by atoms with Crippen molar-refractivity contribution in [2.24, 2.45) is 0 Å². The molecule has 98 valence electrons. The van der Waals surface area contributed by atoms with E-state index in [0.717, 1.165) is 18.0 Å². The van der Waals surface area contributed by atoms with Gasteiger partial charge in [0, 0.05) is 32.4 Å². The number of amides is 1. The molecule has 0 N–H and O–H groups in total. The lowest BCUT2D eigenvalue weighted by Crippen LogP contribution is -2.33. The molecule has 0 spiro atoms. The predicted molar refractivity (Wildman–Crippen MR) is 78.8 cm³/mol. The first kappa shape index (κ1) is 12.2. The van der Waals surface area contributed by atoms with Crippen molar-refractivity contribution in [1.82, 2.24) is 4.90 Å². The van der Waals surface area contributed by atoms with Gasteiger partial charge in [-0.15, -0.1) is 11.3 Å². The molecule has 19 heavy (non-hydrogen) atoms. The van der Waals surface area contributed by atoms with E-state index in [9.17, 15) is 4.79 Å². The minimum atomic E-state index is 0.139. The van der Waals surface area contributed by atoms with E-state index in [1.165, 1.54) is 22.6 Å². The minimum absolute atomic E-state index is 0.139. The van der Waals surface area contributed by atoms with Crippen LogP contribution < -0.4 is 4.90 Å². The third-order valence-corrected chi connectivity index (χ3v) is 4.35. The van der Waals surface area contributed by atoms with Crippen LogP contribution in [-0.4, -0.2) is 30.9 Å². The van der Waals surface area contributed by atoms with Crippen molar-refractivity contribution in [2.45, 2.75) is 6.54 Å². The quantitative estimate of drug-likeness (QED) is 0.797. The van der Waals surface area contributed by atoms with Crippen molar-refractivity contribution in [3.05, 3.63) is 52.2 Å². The van der Waals surface area contributed by atoms with Crippen LogP contribution in [0.2, 0.25) is 0 Å². The lowest BCUT2D eigenvalue weighted by molar-refractivity contribution is 0.0756. The maximum atomic E-state index is 12.4. The van der Waals surface area contributed by atoms with Gasteiger partial charge in [0.25, 0.3) is 5.91 Å². The van der Waals surface area contributed by atoms with Gasteiger partial charge in [-0.1, -0.05) is 24.3 Å². The molecule has 1 amide bonds. The molecule has 2 heterocycles. The molecule has 0 saturated heterocycles. The van der Waals surface area contributed by atoms with Crippen LogP contribution in [-0.2, 0) is 6.54 Å². The van der Waals surface area contributed by atoms with E-state index in [1.807, 2.05) is 34.5 Å². The Labute approximate surface area is 117 Å². The lowest BCUT2D eigenvalue weighted by Gasteiger charge is -2.20. The molecule has 0 aliphatic carbocycles. The smallest absolute Gasteiger partial charge is 0.264 e. The van der Waals surface area contributed by atoms with Gasteiger partial charge in [-0.3, -0.25) is 4.79 Å². The number of carbonyl (C=O) groups excluding carboxylic acids is 1. The highest BCUT2D eigenvalue weighted by Gasteiger charge is 2.22. The molecule has 2 aromatic rings. The second kappa shape index (κ2) is 5.05. The Balaban J connectivity index is 1.89. The van der Waals surface area contributed by atoms with E-state index in [4.69, 9.17) is 0 Å². The van der Waals surface area contributed by atoms with Gasteiger partial charge >= 0.3 is 0 Å². The summed E-state index contributed by atoms with van der Waals surface area (Å²) < 4.78 is 0. The molecule has 0 unspecified atom stereocenters. The maximum Gasteiger partial charge on any atom is 0.264 e. The van der Waals surface area contributed by atoms with E-state index < -0.39 is 0 Å². The van der Waals surface area contributed by atoms with Gasteiger partial charge in [0.2, 0.25) is 0 Å². The third kappa shape index (κ3) is 2.36. The number of para-hydroxylation sites is 1. The molecule has 0 saturated carbocycles. The van der Waals surface area contributed by atoms with Gasteiger partial charge in [0.05, 0.1) is 4.88 Å². The van der Waals surface area contributed by atoms with Crippen molar-refractivity contribution in [1.29, 1.82) is 0 Å².